The maximum Gasteiger partial charge on any atom is 0.237 e. The number of likely N-dealkylation sites (N-methyl/N-ethyl adjacent to an activating group) is 1. The molecule has 5 aromatic carbocycles. The molecular weight excluding hydrogens is 633 g/mol. The fraction of sp³-hybridized carbons (Fsp3) is 0.244. The van der Waals surface area contributed by atoms with E-state index in [0.717, 1.165) is 16.7 Å². The highest BCUT2D eigenvalue weighted by Gasteiger charge is 2.49. The van der Waals surface area contributed by atoms with Crippen LogP contribution in [0.15, 0.2) is 152 Å². The Morgan fingerprint density at radius 1 is 0.549 bits per heavy atom. The summed E-state index contributed by atoms with van der Waals surface area (Å²) in [5.74, 6) is -1.35. The molecule has 1 saturated heterocycles. The Kier molecular flexibility index (Phi) is 12.2. The van der Waals surface area contributed by atoms with Crippen molar-refractivity contribution >= 4 is 23.3 Å². The third-order valence-electron chi connectivity index (χ3n) is 9.46. The van der Waals surface area contributed by atoms with Crippen LogP contribution in [-0.4, -0.2) is 54.3 Å². The summed E-state index contributed by atoms with van der Waals surface area (Å²) in [5.41, 5.74) is 3.28. The van der Waals surface area contributed by atoms with Crippen LogP contribution in [0, 0.1) is 17.3 Å². The molecule has 260 valence electrons. The lowest BCUT2D eigenvalue weighted by atomic mass is 9.67. The molecular formula is C45H46N2O4. The SMILES string of the molecule is CNC(=O)C(N1CC(C(=O)c2ccccc2)C(c2ccccc2)C(C(=O)c2ccccc2)C1)C(C)(C)C.O=C(c1ccccc1)c1ccccc1. The molecule has 1 aliphatic heterocycles. The molecule has 0 saturated carbocycles. The van der Waals surface area contributed by atoms with Gasteiger partial charge in [-0.3, -0.25) is 24.1 Å². The highest BCUT2D eigenvalue weighted by molar-refractivity contribution is 6.09. The second-order valence-corrected chi connectivity index (χ2v) is 14.0. The van der Waals surface area contributed by atoms with E-state index in [0.29, 0.717) is 24.2 Å². The summed E-state index contributed by atoms with van der Waals surface area (Å²) in [4.78, 5) is 55.3. The molecule has 6 nitrogen and oxygen atoms in total. The summed E-state index contributed by atoms with van der Waals surface area (Å²) < 4.78 is 0. The molecule has 1 amide bonds. The van der Waals surface area contributed by atoms with Gasteiger partial charge in [0.05, 0.1) is 6.04 Å². The minimum absolute atomic E-state index is 0.00502. The fourth-order valence-corrected chi connectivity index (χ4v) is 7.15. The van der Waals surface area contributed by atoms with E-state index in [9.17, 15) is 19.2 Å². The van der Waals surface area contributed by atoms with E-state index in [4.69, 9.17) is 0 Å². The lowest BCUT2D eigenvalue weighted by Gasteiger charge is -2.48. The number of likely N-dealkylation sites (tertiary alicyclic amines) is 1. The summed E-state index contributed by atoms with van der Waals surface area (Å²) in [6.45, 7) is 6.86. The Morgan fingerprint density at radius 3 is 1.22 bits per heavy atom. The van der Waals surface area contributed by atoms with Gasteiger partial charge in [-0.15, -0.1) is 0 Å². The standard InChI is InChI=1S/C32H36N2O3.C13H10O/c1-32(2,3)30(31(37)33-4)34-20-25(28(35)23-16-10-6-11-17-23)27(22-14-8-5-9-15-22)26(21-34)29(36)24-18-12-7-13-19-24;14-13(11-7-3-1-4-8-11)12-9-5-2-6-10-12/h5-19,25-27,30H,20-21H2,1-4H3,(H,33,37);1-10H. The second kappa shape index (κ2) is 17.0. The first-order valence-corrected chi connectivity index (χ1v) is 17.4. The molecule has 1 heterocycles. The van der Waals surface area contributed by atoms with Crippen molar-refractivity contribution in [3.63, 3.8) is 0 Å². The number of benzene rings is 5. The molecule has 5 aromatic rings. The van der Waals surface area contributed by atoms with Crippen LogP contribution in [0.25, 0.3) is 0 Å². The summed E-state index contributed by atoms with van der Waals surface area (Å²) in [6, 6.07) is 46.5. The molecule has 6 heteroatoms. The van der Waals surface area contributed by atoms with Gasteiger partial charge in [-0.25, -0.2) is 0 Å². The zero-order valence-electron chi connectivity index (χ0n) is 29.7. The van der Waals surface area contributed by atoms with Crippen molar-refractivity contribution in [1.82, 2.24) is 10.2 Å². The Balaban J connectivity index is 0.000000299. The number of rotatable bonds is 9. The Labute approximate surface area is 301 Å². The number of ketones is 3. The van der Waals surface area contributed by atoms with Gasteiger partial charge >= 0.3 is 0 Å². The quantitative estimate of drug-likeness (QED) is 0.159. The molecule has 0 aliphatic carbocycles. The van der Waals surface area contributed by atoms with Crippen LogP contribution in [0.3, 0.4) is 0 Å². The smallest absolute Gasteiger partial charge is 0.237 e. The van der Waals surface area contributed by atoms with E-state index in [1.165, 1.54) is 0 Å². The molecule has 3 atom stereocenters. The number of nitrogens with one attached hydrogen (secondary N) is 1. The molecule has 1 aliphatic rings. The van der Waals surface area contributed by atoms with E-state index in [1.807, 2.05) is 172 Å². The summed E-state index contributed by atoms with van der Waals surface area (Å²) >= 11 is 0. The van der Waals surface area contributed by atoms with Crippen molar-refractivity contribution in [2.75, 3.05) is 20.1 Å². The molecule has 6 rings (SSSR count). The van der Waals surface area contributed by atoms with Gasteiger partial charge in [-0.2, -0.15) is 0 Å². The van der Waals surface area contributed by atoms with Crippen LogP contribution in [0.5, 0.6) is 0 Å². The Hall–Kier alpha value is -5.46. The summed E-state index contributed by atoms with van der Waals surface area (Å²) in [6.07, 6.45) is 0. The van der Waals surface area contributed by atoms with Gasteiger partial charge in [-0.1, -0.05) is 172 Å². The molecule has 51 heavy (non-hydrogen) atoms. The first kappa shape index (κ1) is 36.8. The minimum Gasteiger partial charge on any atom is -0.358 e. The average molecular weight is 679 g/mol. The van der Waals surface area contributed by atoms with E-state index in [1.54, 1.807) is 7.05 Å². The first-order chi connectivity index (χ1) is 24.6. The molecule has 0 radical (unpaired) electrons. The molecule has 3 unspecified atom stereocenters. The van der Waals surface area contributed by atoms with E-state index < -0.39 is 23.3 Å². The predicted octanol–water partition coefficient (Wildman–Crippen LogP) is 8.16. The monoisotopic (exact) mass is 678 g/mol. The predicted molar refractivity (Wildman–Crippen MR) is 203 cm³/mol. The maximum atomic E-state index is 14.1. The van der Waals surface area contributed by atoms with Crippen molar-refractivity contribution in [3.8, 4) is 0 Å². The molecule has 0 bridgehead atoms. The zero-order chi connectivity index (χ0) is 36.4. The van der Waals surface area contributed by atoms with Gasteiger partial charge in [0.25, 0.3) is 0 Å². The van der Waals surface area contributed by atoms with Crippen LogP contribution in [0.1, 0.15) is 68.9 Å². The number of carbonyl (C=O) groups excluding carboxylic acids is 4. The van der Waals surface area contributed by atoms with Gasteiger partial charge in [0, 0.05) is 60.1 Å². The van der Waals surface area contributed by atoms with Gasteiger partial charge in [-0.05, 0) is 11.0 Å². The molecule has 0 spiro atoms. The minimum atomic E-state index is -0.495. The van der Waals surface area contributed by atoms with Crippen LogP contribution in [0.4, 0.5) is 0 Å². The number of hydrogen-bond donors (Lipinski definition) is 1. The zero-order valence-corrected chi connectivity index (χ0v) is 29.7. The van der Waals surface area contributed by atoms with Gasteiger partial charge < -0.3 is 5.32 Å². The van der Waals surface area contributed by atoms with Crippen LogP contribution in [-0.2, 0) is 4.79 Å². The van der Waals surface area contributed by atoms with Crippen LogP contribution in [0.2, 0.25) is 0 Å². The lowest BCUT2D eigenvalue weighted by Crippen LogP contribution is -2.60. The highest BCUT2D eigenvalue weighted by atomic mass is 16.2. The van der Waals surface area contributed by atoms with Crippen molar-refractivity contribution < 1.29 is 19.2 Å². The van der Waals surface area contributed by atoms with Gasteiger partial charge in [0.2, 0.25) is 5.91 Å². The van der Waals surface area contributed by atoms with E-state index in [-0.39, 0.29) is 29.2 Å². The number of carbonyl (C=O) groups is 4. The third kappa shape index (κ3) is 9.02. The van der Waals surface area contributed by atoms with Gasteiger partial charge in [0.1, 0.15) is 0 Å². The molecule has 0 aromatic heterocycles. The lowest BCUT2D eigenvalue weighted by molar-refractivity contribution is -0.131. The summed E-state index contributed by atoms with van der Waals surface area (Å²) in [5, 5.41) is 2.81. The van der Waals surface area contributed by atoms with Crippen molar-refractivity contribution in [3.05, 3.63) is 179 Å². The van der Waals surface area contributed by atoms with Crippen molar-refractivity contribution in [2.45, 2.75) is 32.7 Å². The number of nitrogens with zero attached hydrogens (tertiary/aromatic N) is 1. The first-order valence-electron chi connectivity index (χ1n) is 17.4. The number of hydrogen-bond acceptors (Lipinski definition) is 5. The van der Waals surface area contributed by atoms with E-state index >= 15 is 0 Å². The van der Waals surface area contributed by atoms with E-state index in [2.05, 4.69) is 10.2 Å². The normalized spacial score (nSPS) is 18.0. The third-order valence-corrected chi connectivity index (χ3v) is 9.46. The van der Waals surface area contributed by atoms with Crippen molar-refractivity contribution in [2.24, 2.45) is 17.3 Å². The molecule has 1 N–H and O–H groups in total. The number of amides is 1. The Bertz CT molecular complexity index is 1790. The Morgan fingerprint density at radius 2 is 0.882 bits per heavy atom. The van der Waals surface area contributed by atoms with Gasteiger partial charge in [0.15, 0.2) is 17.3 Å². The van der Waals surface area contributed by atoms with Crippen LogP contribution < -0.4 is 5.32 Å². The number of Topliss-reactive ketones (excluding diaryl/α,β-unsaturated/α-hetero) is 2. The topological polar surface area (TPSA) is 83.6 Å². The second-order valence-electron chi connectivity index (χ2n) is 14.0. The molecule has 1 fully saturated rings. The summed E-state index contributed by atoms with van der Waals surface area (Å²) in [7, 11) is 1.64. The van der Waals surface area contributed by atoms with Crippen LogP contribution >= 0.6 is 0 Å². The maximum absolute atomic E-state index is 14.1. The highest BCUT2D eigenvalue weighted by Crippen LogP contribution is 2.43. The number of piperidine rings is 1. The fourth-order valence-electron chi connectivity index (χ4n) is 7.15. The average Bonchev–Trinajstić information content (AvgIpc) is 3.18. The largest absolute Gasteiger partial charge is 0.358 e. The van der Waals surface area contributed by atoms with Crippen molar-refractivity contribution in [1.29, 1.82) is 0 Å².